The van der Waals surface area contributed by atoms with Crippen molar-refractivity contribution in [2.45, 2.75) is 53.1 Å². The maximum absolute atomic E-state index is 12.3. The summed E-state index contributed by atoms with van der Waals surface area (Å²) in [6.45, 7) is 9.74. The number of ether oxygens (including phenoxy) is 2. The Labute approximate surface area is 125 Å². The zero-order valence-corrected chi connectivity index (χ0v) is 13.5. The lowest BCUT2D eigenvalue weighted by Crippen LogP contribution is -2.43. The minimum Gasteiger partial charge on any atom is -0.466 e. The molecule has 0 aromatic heterocycles. The fraction of sp³-hybridized carbons (Fsp3) is 0.800. The summed E-state index contributed by atoms with van der Waals surface area (Å²) in [4.78, 5) is 29.5. The first-order chi connectivity index (χ1) is 9.86. The molecule has 2 unspecified atom stereocenters. The van der Waals surface area contributed by atoms with E-state index in [-0.39, 0.29) is 24.9 Å². The Kier molecular flexibility index (Phi) is 6.18. The highest BCUT2D eigenvalue weighted by atomic mass is 16.7. The molecule has 1 rings (SSSR count). The van der Waals surface area contributed by atoms with Crippen molar-refractivity contribution in [3.8, 4) is 0 Å². The molecule has 0 saturated heterocycles. The van der Waals surface area contributed by atoms with Crippen molar-refractivity contribution in [3.63, 3.8) is 0 Å². The average Bonchev–Trinajstić information content (AvgIpc) is 2.85. The van der Waals surface area contributed by atoms with E-state index < -0.39 is 17.5 Å². The molecule has 120 valence electrons. The Balaban J connectivity index is 2.85. The number of rotatable bonds is 7. The Morgan fingerprint density at radius 1 is 1.24 bits per heavy atom. The monoisotopic (exact) mass is 299 g/mol. The molecule has 2 atom stereocenters. The zero-order valence-electron chi connectivity index (χ0n) is 13.5. The lowest BCUT2D eigenvalue weighted by Gasteiger charge is -2.26. The summed E-state index contributed by atoms with van der Waals surface area (Å²) in [5.41, 5.74) is -0.402. The first-order valence-electron chi connectivity index (χ1n) is 7.45. The summed E-state index contributed by atoms with van der Waals surface area (Å²) in [5.74, 6) is -1.10. The summed E-state index contributed by atoms with van der Waals surface area (Å²) in [6, 6.07) is 0. The van der Waals surface area contributed by atoms with Crippen molar-refractivity contribution >= 4 is 17.7 Å². The number of hydrogen-bond donors (Lipinski definition) is 0. The van der Waals surface area contributed by atoms with Gasteiger partial charge in [0.2, 0.25) is 5.60 Å². The highest BCUT2D eigenvalue weighted by Gasteiger charge is 2.50. The molecule has 1 aliphatic rings. The highest BCUT2D eigenvalue weighted by molar-refractivity contribution is 5.95. The molecule has 0 aromatic carbocycles. The maximum Gasteiger partial charge on any atom is 0.353 e. The van der Waals surface area contributed by atoms with Gasteiger partial charge in [0.05, 0.1) is 24.8 Å². The fourth-order valence-electron chi connectivity index (χ4n) is 2.24. The largest absolute Gasteiger partial charge is 0.466 e. The first-order valence-corrected chi connectivity index (χ1v) is 7.45. The van der Waals surface area contributed by atoms with Crippen molar-refractivity contribution in [2.75, 3.05) is 13.2 Å². The number of nitrogens with zero attached hydrogens (tertiary/aromatic N) is 1. The van der Waals surface area contributed by atoms with Crippen molar-refractivity contribution < 1.29 is 23.9 Å². The summed E-state index contributed by atoms with van der Waals surface area (Å²) in [5, 5.41) is 4.01. The molecule has 6 nitrogen and oxygen atoms in total. The van der Waals surface area contributed by atoms with Crippen LogP contribution in [-0.4, -0.2) is 36.5 Å². The molecule has 21 heavy (non-hydrogen) atoms. The second-order valence-corrected chi connectivity index (χ2v) is 5.58. The molecule has 0 N–H and O–H groups in total. The van der Waals surface area contributed by atoms with Crippen LogP contribution in [0.15, 0.2) is 5.16 Å². The topological polar surface area (TPSA) is 74.2 Å². The Hall–Kier alpha value is -1.59. The zero-order chi connectivity index (χ0) is 16.0. The molecule has 6 heteroatoms. The van der Waals surface area contributed by atoms with Gasteiger partial charge in [-0.3, -0.25) is 4.79 Å². The third-order valence-electron chi connectivity index (χ3n) is 3.44. The van der Waals surface area contributed by atoms with E-state index in [9.17, 15) is 9.59 Å². The van der Waals surface area contributed by atoms with Crippen LogP contribution in [-0.2, 0) is 23.9 Å². The van der Waals surface area contributed by atoms with Crippen LogP contribution in [0.3, 0.4) is 0 Å². The summed E-state index contributed by atoms with van der Waals surface area (Å²) in [6.07, 6.45) is 0.553. The van der Waals surface area contributed by atoms with E-state index in [1.54, 1.807) is 20.8 Å². The molecule has 0 fully saturated rings. The lowest BCUT2D eigenvalue weighted by molar-refractivity contribution is -0.173. The lowest BCUT2D eigenvalue weighted by atomic mass is 9.85. The van der Waals surface area contributed by atoms with Crippen molar-refractivity contribution in [3.05, 3.63) is 0 Å². The van der Waals surface area contributed by atoms with Crippen LogP contribution in [0.5, 0.6) is 0 Å². The molecular formula is C15H25NO5. The smallest absolute Gasteiger partial charge is 0.353 e. The predicted octanol–water partition coefficient (Wildman–Crippen LogP) is 2.31. The summed E-state index contributed by atoms with van der Waals surface area (Å²) in [7, 11) is 0. The molecule has 0 amide bonds. The number of oxime groups is 1. The Morgan fingerprint density at radius 3 is 2.33 bits per heavy atom. The third kappa shape index (κ3) is 4.19. The standard InChI is InChI=1S/C15H25NO5/c1-6-19-13(17)11(5)8-15(14(18)20-7-2)9-12(10(3)4)16-21-15/h10-11H,6-9H2,1-5H3. The van der Waals surface area contributed by atoms with Gasteiger partial charge in [-0.25, -0.2) is 4.79 Å². The number of hydrogen-bond acceptors (Lipinski definition) is 6. The van der Waals surface area contributed by atoms with E-state index in [1.807, 2.05) is 13.8 Å². The Bertz CT molecular complexity index is 418. The van der Waals surface area contributed by atoms with E-state index >= 15 is 0 Å². The van der Waals surface area contributed by atoms with Gasteiger partial charge in [0.25, 0.3) is 0 Å². The van der Waals surface area contributed by atoms with Crippen LogP contribution >= 0.6 is 0 Å². The van der Waals surface area contributed by atoms with Crippen LogP contribution < -0.4 is 0 Å². The fourth-order valence-corrected chi connectivity index (χ4v) is 2.24. The molecular weight excluding hydrogens is 274 g/mol. The second-order valence-electron chi connectivity index (χ2n) is 5.58. The number of carbonyl (C=O) groups is 2. The van der Waals surface area contributed by atoms with Crippen LogP contribution in [0.1, 0.15) is 47.5 Å². The van der Waals surface area contributed by atoms with Gasteiger partial charge in [-0.05, 0) is 19.8 Å². The van der Waals surface area contributed by atoms with Gasteiger partial charge in [-0.15, -0.1) is 0 Å². The second kappa shape index (κ2) is 7.43. The maximum atomic E-state index is 12.3. The normalized spacial score (nSPS) is 22.5. The van der Waals surface area contributed by atoms with Gasteiger partial charge in [-0.2, -0.15) is 0 Å². The molecule has 0 spiro atoms. The van der Waals surface area contributed by atoms with Gasteiger partial charge < -0.3 is 14.3 Å². The molecule has 0 radical (unpaired) electrons. The van der Waals surface area contributed by atoms with Gasteiger partial charge in [-0.1, -0.05) is 25.9 Å². The average molecular weight is 299 g/mol. The van der Waals surface area contributed by atoms with Crippen LogP contribution in [0, 0.1) is 11.8 Å². The molecule has 1 heterocycles. The first kappa shape index (κ1) is 17.5. The SMILES string of the molecule is CCOC(=O)C(C)CC1(C(=O)OCC)CC(C(C)C)=NO1. The number of carbonyl (C=O) groups excluding carboxylic acids is 2. The van der Waals surface area contributed by atoms with Crippen LogP contribution in [0.2, 0.25) is 0 Å². The van der Waals surface area contributed by atoms with E-state index in [0.717, 1.165) is 5.71 Å². The summed E-state index contributed by atoms with van der Waals surface area (Å²) >= 11 is 0. The number of esters is 2. The van der Waals surface area contributed by atoms with Crippen LogP contribution in [0.4, 0.5) is 0 Å². The third-order valence-corrected chi connectivity index (χ3v) is 3.44. The van der Waals surface area contributed by atoms with Crippen molar-refractivity contribution in [1.29, 1.82) is 0 Å². The highest BCUT2D eigenvalue weighted by Crippen LogP contribution is 2.34. The predicted molar refractivity (Wildman–Crippen MR) is 77.8 cm³/mol. The quantitative estimate of drug-likeness (QED) is 0.674. The van der Waals surface area contributed by atoms with Crippen molar-refractivity contribution in [2.24, 2.45) is 17.0 Å². The van der Waals surface area contributed by atoms with Crippen molar-refractivity contribution in [1.82, 2.24) is 0 Å². The van der Waals surface area contributed by atoms with Gasteiger partial charge in [0, 0.05) is 12.8 Å². The van der Waals surface area contributed by atoms with E-state index in [0.29, 0.717) is 13.0 Å². The molecule has 0 aromatic rings. The summed E-state index contributed by atoms with van der Waals surface area (Å²) < 4.78 is 10.1. The van der Waals surface area contributed by atoms with Gasteiger partial charge in [0.15, 0.2) is 0 Å². The molecule has 0 saturated carbocycles. The van der Waals surface area contributed by atoms with Gasteiger partial charge >= 0.3 is 11.9 Å². The van der Waals surface area contributed by atoms with E-state index in [1.165, 1.54) is 0 Å². The van der Waals surface area contributed by atoms with Crippen LogP contribution in [0.25, 0.3) is 0 Å². The molecule has 0 aliphatic carbocycles. The minimum absolute atomic E-state index is 0.180. The Morgan fingerprint density at radius 2 is 1.86 bits per heavy atom. The molecule has 0 bridgehead atoms. The van der Waals surface area contributed by atoms with Gasteiger partial charge in [0.1, 0.15) is 0 Å². The van der Waals surface area contributed by atoms with E-state index in [4.69, 9.17) is 14.3 Å². The van der Waals surface area contributed by atoms with E-state index in [2.05, 4.69) is 5.16 Å². The minimum atomic E-state index is -1.21. The molecule has 1 aliphatic heterocycles.